The van der Waals surface area contributed by atoms with E-state index in [-0.39, 0.29) is 42.9 Å². The fourth-order valence-electron chi connectivity index (χ4n) is 5.16. The average molecular weight is 490 g/mol. The van der Waals surface area contributed by atoms with Crippen LogP contribution in [0.25, 0.3) is 0 Å². The molecule has 8 nitrogen and oxygen atoms in total. The molecule has 1 unspecified atom stereocenters. The minimum atomic E-state index is -1.23. The lowest BCUT2D eigenvalue weighted by molar-refractivity contribution is -0.142. The largest absolute Gasteiger partial charge is 0.366 e. The number of rotatable bonds is 7. The van der Waals surface area contributed by atoms with Crippen LogP contribution in [-0.4, -0.2) is 69.8 Å². The SMILES string of the molecule is O=C(CC1(c2ccccc2)CC(=O)N(CCn2ccnc2)C1=O)N1CCN(c2ccccc2F)CC1. The van der Waals surface area contributed by atoms with E-state index in [1.54, 1.807) is 41.8 Å². The van der Waals surface area contributed by atoms with Crippen LogP contribution in [0.4, 0.5) is 10.1 Å². The molecule has 0 radical (unpaired) electrons. The number of anilines is 1. The number of benzene rings is 2. The summed E-state index contributed by atoms with van der Waals surface area (Å²) in [7, 11) is 0. The van der Waals surface area contributed by atoms with Gasteiger partial charge in [-0.3, -0.25) is 19.3 Å². The Morgan fingerprint density at radius 1 is 0.944 bits per heavy atom. The number of nitrogens with zero attached hydrogens (tertiary/aromatic N) is 5. The molecule has 0 bridgehead atoms. The van der Waals surface area contributed by atoms with Gasteiger partial charge in [0, 0.05) is 64.5 Å². The average Bonchev–Trinajstić information content (AvgIpc) is 3.50. The molecule has 0 N–H and O–H groups in total. The maximum absolute atomic E-state index is 14.2. The van der Waals surface area contributed by atoms with Gasteiger partial charge in [-0.1, -0.05) is 42.5 Å². The molecule has 36 heavy (non-hydrogen) atoms. The van der Waals surface area contributed by atoms with Gasteiger partial charge < -0.3 is 14.4 Å². The summed E-state index contributed by atoms with van der Waals surface area (Å²) >= 11 is 0. The van der Waals surface area contributed by atoms with Crippen molar-refractivity contribution in [3.63, 3.8) is 0 Å². The first-order valence-corrected chi connectivity index (χ1v) is 12.1. The highest BCUT2D eigenvalue weighted by atomic mass is 19.1. The van der Waals surface area contributed by atoms with Crippen molar-refractivity contribution in [1.82, 2.24) is 19.4 Å². The van der Waals surface area contributed by atoms with E-state index in [4.69, 9.17) is 0 Å². The highest BCUT2D eigenvalue weighted by molar-refractivity contribution is 6.10. The zero-order valence-electron chi connectivity index (χ0n) is 19.9. The number of carbonyl (C=O) groups excluding carboxylic acids is 3. The molecule has 3 heterocycles. The van der Waals surface area contributed by atoms with Crippen molar-refractivity contribution in [1.29, 1.82) is 0 Å². The smallest absolute Gasteiger partial charge is 0.240 e. The summed E-state index contributed by atoms with van der Waals surface area (Å²) in [5, 5.41) is 0. The van der Waals surface area contributed by atoms with Crippen molar-refractivity contribution in [2.75, 3.05) is 37.6 Å². The molecule has 0 aliphatic carbocycles. The molecule has 2 fully saturated rings. The Kier molecular flexibility index (Phi) is 6.54. The number of para-hydroxylation sites is 1. The van der Waals surface area contributed by atoms with E-state index in [9.17, 15) is 18.8 Å². The Morgan fingerprint density at radius 2 is 1.67 bits per heavy atom. The van der Waals surface area contributed by atoms with Crippen LogP contribution < -0.4 is 4.90 Å². The van der Waals surface area contributed by atoms with Crippen LogP contribution in [0.3, 0.4) is 0 Å². The second kappa shape index (κ2) is 9.93. The fraction of sp³-hybridized carbons (Fsp3) is 0.333. The predicted octanol–water partition coefficient (Wildman–Crippen LogP) is 2.46. The maximum atomic E-state index is 14.2. The molecule has 9 heteroatoms. The summed E-state index contributed by atoms with van der Waals surface area (Å²) in [6, 6.07) is 15.7. The summed E-state index contributed by atoms with van der Waals surface area (Å²) in [5.41, 5.74) is -0.0326. The van der Waals surface area contributed by atoms with Crippen LogP contribution in [0, 0.1) is 5.82 Å². The number of carbonyl (C=O) groups is 3. The molecule has 3 amide bonds. The number of amides is 3. The van der Waals surface area contributed by atoms with Crippen LogP contribution in [-0.2, 0) is 26.3 Å². The molecule has 0 saturated carbocycles. The van der Waals surface area contributed by atoms with Crippen molar-refractivity contribution < 1.29 is 18.8 Å². The third-order valence-electron chi connectivity index (χ3n) is 7.15. The second-order valence-electron chi connectivity index (χ2n) is 9.27. The van der Waals surface area contributed by atoms with Crippen LogP contribution >= 0.6 is 0 Å². The number of hydrogen-bond acceptors (Lipinski definition) is 5. The molecule has 3 aromatic rings. The lowest BCUT2D eigenvalue weighted by Crippen LogP contribution is -2.51. The minimum Gasteiger partial charge on any atom is -0.366 e. The first-order valence-electron chi connectivity index (χ1n) is 12.1. The Hall–Kier alpha value is -4.01. The Morgan fingerprint density at radius 3 is 2.36 bits per heavy atom. The molecule has 186 valence electrons. The Balaban J connectivity index is 1.32. The van der Waals surface area contributed by atoms with E-state index in [0.717, 1.165) is 0 Å². The van der Waals surface area contributed by atoms with Crippen molar-refractivity contribution in [2.45, 2.75) is 24.8 Å². The first kappa shape index (κ1) is 23.7. The summed E-state index contributed by atoms with van der Waals surface area (Å²) in [6.07, 6.45) is 4.94. The number of hydrogen-bond donors (Lipinski definition) is 0. The Labute approximate surface area is 208 Å². The highest BCUT2D eigenvalue weighted by Crippen LogP contribution is 2.40. The number of piperazine rings is 1. The van der Waals surface area contributed by atoms with Crippen molar-refractivity contribution in [3.05, 3.63) is 84.7 Å². The zero-order valence-corrected chi connectivity index (χ0v) is 19.9. The molecular weight excluding hydrogens is 461 g/mol. The van der Waals surface area contributed by atoms with Gasteiger partial charge in [0.05, 0.1) is 17.4 Å². The summed E-state index contributed by atoms with van der Waals surface area (Å²) < 4.78 is 16.0. The number of imidazole rings is 1. The zero-order chi connectivity index (χ0) is 25.1. The molecule has 5 rings (SSSR count). The number of halogens is 1. The fourth-order valence-corrected chi connectivity index (χ4v) is 5.16. The minimum absolute atomic E-state index is 0.0410. The van der Waals surface area contributed by atoms with Gasteiger partial charge in [0.25, 0.3) is 0 Å². The van der Waals surface area contributed by atoms with Gasteiger partial charge in [-0.15, -0.1) is 0 Å². The Bertz CT molecular complexity index is 1240. The molecule has 2 aliphatic heterocycles. The molecule has 2 aromatic carbocycles. The van der Waals surface area contributed by atoms with Crippen LogP contribution in [0.2, 0.25) is 0 Å². The normalized spacial score (nSPS) is 20.3. The quantitative estimate of drug-likeness (QED) is 0.477. The van der Waals surface area contributed by atoms with E-state index >= 15 is 0 Å². The first-order chi connectivity index (χ1) is 17.5. The topological polar surface area (TPSA) is 78.8 Å². The number of likely N-dealkylation sites (tertiary alicyclic amines) is 1. The van der Waals surface area contributed by atoms with Crippen LogP contribution in [0.15, 0.2) is 73.3 Å². The van der Waals surface area contributed by atoms with E-state index in [1.165, 1.54) is 11.0 Å². The van der Waals surface area contributed by atoms with Crippen molar-refractivity contribution in [3.8, 4) is 0 Å². The predicted molar refractivity (Wildman–Crippen MR) is 131 cm³/mol. The summed E-state index contributed by atoms with van der Waals surface area (Å²) in [5.74, 6) is -1.07. The van der Waals surface area contributed by atoms with E-state index in [0.29, 0.717) is 44.0 Å². The lowest BCUT2D eigenvalue weighted by atomic mass is 9.75. The lowest BCUT2D eigenvalue weighted by Gasteiger charge is -2.37. The van der Waals surface area contributed by atoms with Gasteiger partial charge in [-0.25, -0.2) is 9.37 Å². The molecule has 2 aliphatic rings. The standard InChI is InChI=1S/C27H28FN5O3/c28-22-8-4-5-9-23(22)31-13-15-32(16-14-31)24(34)18-27(21-6-2-1-3-7-21)19-25(35)33(26(27)36)17-12-30-11-10-29-20-30/h1-11,20H,12-19H2. The van der Waals surface area contributed by atoms with Crippen molar-refractivity contribution in [2.24, 2.45) is 0 Å². The third-order valence-corrected chi connectivity index (χ3v) is 7.15. The van der Waals surface area contributed by atoms with Gasteiger partial charge in [-0.2, -0.15) is 0 Å². The molecule has 0 spiro atoms. The van der Waals surface area contributed by atoms with Gasteiger partial charge in [0.2, 0.25) is 17.7 Å². The number of aromatic nitrogens is 2. The summed E-state index contributed by atoms with van der Waals surface area (Å²) in [6.45, 7) is 2.49. The van der Waals surface area contributed by atoms with E-state index in [1.807, 2.05) is 39.8 Å². The van der Waals surface area contributed by atoms with Gasteiger partial charge in [-0.05, 0) is 17.7 Å². The molecule has 1 aromatic heterocycles. The number of imide groups is 1. The van der Waals surface area contributed by atoms with Gasteiger partial charge >= 0.3 is 0 Å². The van der Waals surface area contributed by atoms with E-state index in [2.05, 4.69) is 4.98 Å². The second-order valence-corrected chi connectivity index (χ2v) is 9.27. The summed E-state index contributed by atoms with van der Waals surface area (Å²) in [4.78, 5) is 49.2. The van der Waals surface area contributed by atoms with Crippen LogP contribution in [0.1, 0.15) is 18.4 Å². The molecule has 1 atom stereocenters. The van der Waals surface area contributed by atoms with Gasteiger partial charge in [0.15, 0.2) is 0 Å². The third kappa shape index (κ3) is 4.48. The monoisotopic (exact) mass is 489 g/mol. The molecular formula is C27H28FN5O3. The van der Waals surface area contributed by atoms with Crippen molar-refractivity contribution >= 4 is 23.4 Å². The van der Waals surface area contributed by atoms with Gasteiger partial charge in [0.1, 0.15) is 5.82 Å². The maximum Gasteiger partial charge on any atom is 0.240 e. The highest BCUT2D eigenvalue weighted by Gasteiger charge is 2.54. The van der Waals surface area contributed by atoms with E-state index < -0.39 is 5.41 Å². The van der Waals surface area contributed by atoms with Crippen LogP contribution in [0.5, 0.6) is 0 Å². The molecule has 2 saturated heterocycles.